The molecule has 23 heavy (non-hydrogen) atoms. The summed E-state index contributed by atoms with van der Waals surface area (Å²) in [5.74, 6) is 0.491. The minimum Gasteiger partial charge on any atom is -0.494 e. The maximum absolute atomic E-state index is 12.3. The van der Waals surface area contributed by atoms with Gasteiger partial charge in [0.25, 0.3) is 0 Å². The first-order valence-electron chi connectivity index (χ1n) is 8.34. The van der Waals surface area contributed by atoms with Gasteiger partial charge in [-0.3, -0.25) is 9.59 Å². The monoisotopic (exact) mass is 318 g/mol. The summed E-state index contributed by atoms with van der Waals surface area (Å²) >= 11 is 0. The minimum absolute atomic E-state index is 0.0554. The Bertz CT molecular complexity index is 540. The number of hydrogen-bond acceptors (Lipinski definition) is 3. The Balaban J connectivity index is 1.87. The van der Waals surface area contributed by atoms with E-state index in [-0.39, 0.29) is 23.8 Å². The smallest absolute Gasteiger partial charge is 0.229 e. The van der Waals surface area contributed by atoms with Gasteiger partial charge in [0.15, 0.2) is 0 Å². The molecule has 0 spiro atoms. The molecule has 1 aromatic carbocycles. The fourth-order valence-electron chi connectivity index (χ4n) is 2.62. The Hall–Kier alpha value is -2.04. The van der Waals surface area contributed by atoms with Crippen LogP contribution in [0, 0.1) is 5.92 Å². The lowest BCUT2D eigenvalue weighted by Gasteiger charge is -2.20. The molecule has 0 radical (unpaired) electrons. The van der Waals surface area contributed by atoms with Gasteiger partial charge in [0, 0.05) is 24.7 Å². The number of carbonyl (C=O) groups is 2. The first-order valence-corrected chi connectivity index (χ1v) is 8.34. The number of rotatable bonds is 7. The number of nitrogens with zero attached hydrogens (tertiary/aromatic N) is 1. The maximum atomic E-state index is 12.3. The molecule has 2 rings (SSSR count). The van der Waals surface area contributed by atoms with Gasteiger partial charge in [-0.25, -0.2) is 0 Å². The zero-order chi connectivity index (χ0) is 16.8. The summed E-state index contributed by atoms with van der Waals surface area (Å²) in [4.78, 5) is 25.9. The van der Waals surface area contributed by atoms with E-state index in [1.54, 1.807) is 4.90 Å². The highest BCUT2D eigenvalue weighted by Crippen LogP contribution is 2.22. The summed E-state index contributed by atoms with van der Waals surface area (Å²) in [5, 5.41) is 2.88. The summed E-state index contributed by atoms with van der Waals surface area (Å²) in [5.41, 5.74) is 0.730. The number of likely N-dealkylation sites (tertiary alicyclic amines) is 1. The van der Waals surface area contributed by atoms with Crippen molar-refractivity contribution >= 4 is 17.5 Å². The molecular weight excluding hydrogens is 292 g/mol. The van der Waals surface area contributed by atoms with Crippen molar-refractivity contribution in [2.24, 2.45) is 5.92 Å². The quantitative estimate of drug-likeness (QED) is 0.786. The van der Waals surface area contributed by atoms with Crippen LogP contribution in [-0.2, 0) is 9.59 Å². The normalized spacial score (nSPS) is 17.7. The van der Waals surface area contributed by atoms with Gasteiger partial charge < -0.3 is 15.0 Å². The van der Waals surface area contributed by atoms with E-state index in [0.717, 1.165) is 24.3 Å². The van der Waals surface area contributed by atoms with Crippen molar-refractivity contribution < 1.29 is 14.3 Å². The highest BCUT2D eigenvalue weighted by molar-refractivity contribution is 5.97. The Morgan fingerprint density at radius 2 is 2.04 bits per heavy atom. The molecule has 0 bridgehead atoms. The molecule has 1 aromatic rings. The zero-order valence-electron chi connectivity index (χ0n) is 14.2. The summed E-state index contributed by atoms with van der Waals surface area (Å²) < 4.78 is 5.60. The van der Waals surface area contributed by atoms with Crippen LogP contribution in [0.3, 0.4) is 0 Å². The van der Waals surface area contributed by atoms with Gasteiger partial charge in [-0.05, 0) is 44.5 Å². The van der Waals surface area contributed by atoms with Crippen LogP contribution < -0.4 is 10.1 Å². The van der Waals surface area contributed by atoms with Crippen molar-refractivity contribution in [3.05, 3.63) is 24.3 Å². The fraction of sp³-hybridized carbons (Fsp3) is 0.556. The Morgan fingerprint density at radius 3 is 2.61 bits per heavy atom. The van der Waals surface area contributed by atoms with E-state index in [1.165, 1.54) is 0 Å². The van der Waals surface area contributed by atoms with Crippen molar-refractivity contribution in [3.8, 4) is 5.75 Å². The number of benzene rings is 1. The molecule has 126 valence electrons. The molecule has 0 saturated carbocycles. The summed E-state index contributed by atoms with van der Waals surface area (Å²) in [6.07, 6.45) is 2.42. The average molecular weight is 318 g/mol. The SMILES string of the molecule is CCCCOc1ccc(NC(=O)[C@@H]2CC(=O)N(C(C)C)C2)cc1. The largest absolute Gasteiger partial charge is 0.494 e. The predicted molar refractivity (Wildman–Crippen MR) is 90.4 cm³/mol. The number of carbonyl (C=O) groups excluding carboxylic acids is 2. The Labute approximate surface area is 138 Å². The van der Waals surface area contributed by atoms with Crippen LogP contribution in [0.2, 0.25) is 0 Å². The van der Waals surface area contributed by atoms with Crippen molar-refractivity contribution in [1.29, 1.82) is 0 Å². The topological polar surface area (TPSA) is 58.6 Å². The molecule has 1 heterocycles. The van der Waals surface area contributed by atoms with Crippen molar-refractivity contribution in [2.75, 3.05) is 18.5 Å². The zero-order valence-corrected chi connectivity index (χ0v) is 14.2. The van der Waals surface area contributed by atoms with Gasteiger partial charge in [0.2, 0.25) is 11.8 Å². The van der Waals surface area contributed by atoms with E-state index in [9.17, 15) is 9.59 Å². The average Bonchev–Trinajstić information content (AvgIpc) is 2.91. The van der Waals surface area contributed by atoms with Gasteiger partial charge in [-0.1, -0.05) is 13.3 Å². The van der Waals surface area contributed by atoms with E-state index < -0.39 is 0 Å². The first-order chi connectivity index (χ1) is 11.0. The molecule has 1 atom stereocenters. The molecule has 2 amide bonds. The lowest BCUT2D eigenvalue weighted by molar-refractivity contribution is -0.129. The highest BCUT2D eigenvalue weighted by Gasteiger charge is 2.35. The van der Waals surface area contributed by atoms with E-state index in [2.05, 4.69) is 12.2 Å². The molecule has 0 aliphatic carbocycles. The van der Waals surface area contributed by atoms with Gasteiger partial charge in [-0.2, -0.15) is 0 Å². The number of ether oxygens (including phenoxy) is 1. The van der Waals surface area contributed by atoms with Gasteiger partial charge >= 0.3 is 0 Å². The van der Waals surface area contributed by atoms with Crippen LogP contribution in [0.4, 0.5) is 5.69 Å². The molecule has 1 aliphatic heterocycles. The maximum Gasteiger partial charge on any atom is 0.229 e. The Kier molecular flexibility index (Phi) is 6.02. The summed E-state index contributed by atoms with van der Waals surface area (Å²) in [6.45, 7) is 7.26. The molecule has 1 aliphatic rings. The van der Waals surface area contributed by atoms with Crippen molar-refractivity contribution in [1.82, 2.24) is 4.90 Å². The molecule has 1 saturated heterocycles. The molecule has 5 nitrogen and oxygen atoms in total. The van der Waals surface area contributed by atoms with Crippen LogP contribution in [0.1, 0.15) is 40.0 Å². The molecular formula is C18H26N2O3. The summed E-state index contributed by atoms with van der Waals surface area (Å²) in [6, 6.07) is 7.50. The van der Waals surface area contributed by atoms with E-state index in [4.69, 9.17) is 4.74 Å². The van der Waals surface area contributed by atoms with Crippen LogP contribution >= 0.6 is 0 Å². The van der Waals surface area contributed by atoms with Gasteiger partial charge in [-0.15, -0.1) is 0 Å². The van der Waals surface area contributed by atoms with Gasteiger partial charge in [0.1, 0.15) is 5.75 Å². The van der Waals surface area contributed by atoms with E-state index in [0.29, 0.717) is 19.6 Å². The second-order valence-corrected chi connectivity index (χ2v) is 6.26. The third-order valence-corrected chi connectivity index (χ3v) is 4.04. The minimum atomic E-state index is -0.273. The third-order valence-electron chi connectivity index (χ3n) is 4.04. The number of amides is 2. The number of anilines is 1. The van der Waals surface area contributed by atoms with Crippen LogP contribution in [-0.4, -0.2) is 35.9 Å². The summed E-state index contributed by atoms with van der Waals surface area (Å²) in [7, 11) is 0. The van der Waals surface area contributed by atoms with Crippen molar-refractivity contribution in [2.45, 2.75) is 46.1 Å². The molecule has 0 unspecified atom stereocenters. The molecule has 0 aromatic heterocycles. The van der Waals surface area contributed by atoms with Crippen molar-refractivity contribution in [3.63, 3.8) is 0 Å². The van der Waals surface area contributed by atoms with Crippen LogP contribution in [0.5, 0.6) is 5.75 Å². The second-order valence-electron chi connectivity index (χ2n) is 6.26. The van der Waals surface area contributed by atoms with Crippen LogP contribution in [0.25, 0.3) is 0 Å². The fourth-order valence-corrected chi connectivity index (χ4v) is 2.62. The molecule has 1 N–H and O–H groups in total. The van der Waals surface area contributed by atoms with E-state index >= 15 is 0 Å². The van der Waals surface area contributed by atoms with E-state index in [1.807, 2.05) is 38.1 Å². The van der Waals surface area contributed by atoms with Crippen LogP contribution in [0.15, 0.2) is 24.3 Å². The molecule has 5 heteroatoms. The first kappa shape index (κ1) is 17.3. The Morgan fingerprint density at radius 1 is 1.35 bits per heavy atom. The standard InChI is InChI=1S/C18H26N2O3/c1-4-5-10-23-16-8-6-15(7-9-16)19-18(22)14-11-17(21)20(12-14)13(2)3/h6-9,13-14H,4-5,10-12H2,1-3H3,(H,19,22)/t14-/m1/s1. The lowest BCUT2D eigenvalue weighted by Crippen LogP contribution is -2.33. The molecule has 1 fully saturated rings. The van der Waals surface area contributed by atoms with Gasteiger partial charge in [0.05, 0.1) is 12.5 Å². The highest BCUT2D eigenvalue weighted by atomic mass is 16.5. The lowest BCUT2D eigenvalue weighted by atomic mass is 10.1. The third kappa shape index (κ3) is 4.71. The number of nitrogens with one attached hydrogen (secondary N) is 1. The second kappa shape index (κ2) is 7.99. The number of unbranched alkanes of at least 4 members (excludes halogenated alkanes) is 1. The predicted octanol–water partition coefficient (Wildman–Crippen LogP) is 3.06. The number of hydrogen-bond donors (Lipinski definition) is 1.